The first-order valence-corrected chi connectivity index (χ1v) is 14.1. The Kier molecular flexibility index (Phi) is 7.57. The molecule has 40 heavy (non-hydrogen) atoms. The Balaban J connectivity index is 1.86. The molecule has 3 aromatic carbocycles. The van der Waals surface area contributed by atoms with Gasteiger partial charge in [-0.05, 0) is 74.9 Å². The number of aryl methyl sites for hydroxylation is 3. The molecule has 2 aromatic heterocycles. The summed E-state index contributed by atoms with van der Waals surface area (Å²) in [5.41, 5.74) is 2.86. The zero-order valence-corrected chi connectivity index (χ0v) is 25.2. The second-order valence-electron chi connectivity index (χ2n) is 9.75. The first-order valence-electron chi connectivity index (χ1n) is 12.6. The third-order valence-corrected chi connectivity index (χ3v) is 8.03. The van der Waals surface area contributed by atoms with Crippen LogP contribution in [0.3, 0.4) is 0 Å². The van der Waals surface area contributed by atoms with Crippen LogP contribution >= 0.6 is 31.9 Å². The lowest BCUT2D eigenvalue weighted by atomic mass is 9.84. The van der Waals surface area contributed by atoms with E-state index in [2.05, 4.69) is 31.9 Å². The molecule has 5 rings (SSSR count). The van der Waals surface area contributed by atoms with Crippen LogP contribution in [0, 0.1) is 20.8 Å². The molecule has 0 atom stereocenters. The maximum atomic E-state index is 14.2. The van der Waals surface area contributed by atoms with Crippen molar-refractivity contribution in [3.63, 3.8) is 0 Å². The summed E-state index contributed by atoms with van der Waals surface area (Å²) < 4.78 is 4.72. The molecule has 5 aromatic rings. The van der Waals surface area contributed by atoms with Crippen molar-refractivity contribution >= 4 is 31.9 Å². The van der Waals surface area contributed by atoms with Crippen LogP contribution in [0.4, 0.5) is 0 Å². The van der Waals surface area contributed by atoms with Gasteiger partial charge in [-0.15, -0.1) is 0 Å². The van der Waals surface area contributed by atoms with Crippen molar-refractivity contribution in [2.75, 3.05) is 0 Å². The van der Waals surface area contributed by atoms with Crippen molar-refractivity contribution in [1.29, 1.82) is 0 Å². The van der Waals surface area contributed by atoms with Gasteiger partial charge in [0, 0.05) is 43.8 Å². The average molecular weight is 662 g/mol. The van der Waals surface area contributed by atoms with Gasteiger partial charge in [-0.2, -0.15) is 0 Å². The molecule has 0 aliphatic rings. The van der Waals surface area contributed by atoms with E-state index in [1.807, 2.05) is 55.5 Å². The first kappa shape index (κ1) is 27.7. The Morgan fingerprint density at radius 2 is 0.975 bits per heavy atom. The third-order valence-electron chi connectivity index (χ3n) is 6.97. The molecule has 8 heteroatoms. The smallest absolute Gasteiger partial charge is 0.263 e. The van der Waals surface area contributed by atoms with Crippen LogP contribution in [0.5, 0.6) is 11.5 Å². The molecule has 0 saturated heterocycles. The van der Waals surface area contributed by atoms with Crippen LogP contribution in [0.2, 0.25) is 0 Å². The molecule has 0 unspecified atom stereocenters. The molecule has 0 bridgehead atoms. The fraction of sp³-hybridized carbons (Fsp3) is 0.125. The number of hydrogen-bond acceptors (Lipinski definition) is 4. The molecular formula is C32H26Br2N2O4. The van der Waals surface area contributed by atoms with Gasteiger partial charge >= 0.3 is 0 Å². The van der Waals surface area contributed by atoms with Crippen LogP contribution < -0.4 is 11.1 Å². The second-order valence-corrected chi connectivity index (χ2v) is 11.6. The third kappa shape index (κ3) is 5.05. The summed E-state index contributed by atoms with van der Waals surface area (Å²) in [7, 11) is 0. The molecular weight excluding hydrogens is 636 g/mol. The molecule has 0 aliphatic heterocycles. The molecule has 0 aliphatic carbocycles. The van der Waals surface area contributed by atoms with Gasteiger partial charge in [0.15, 0.2) is 0 Å². The molecule has 6 nitrogen and oxygen atoms in total. The number of aromatic nitrogens is 2. The van der Waals surface area contributed by atoms with Crippen molar-refractivity contribution in [3.8, 4) is 22.9 Å². The van der Waals surface area contributed by atoms with Gasteiger partial charge in [0.25, 0.3) is 11.1 Å². The van der Waals surface area contributed by atoms with Gasteiger partial charge < -0.3 is 10.2 Å². The molecule has 0 saturated carbocycles. The second kappa shape index (κ2) is 10.9. The van der Waals surface area contributed by atoms with Crippen LogP contribution in [0.25, 0.3) is 11.4 Å². The van der Waals surface area contributed by atoms with E-state index in [1.54, 1.807) is 38.1 Å². The topological polar surface area (TPSA) is 84.5 Å². The van der Waals surface area contributed by atoms with E-state index in [4.69, 9.17) is 0 Å². The number of halogens is 2. The summed E-state index contributed by atoms with van der Waals surface area (Å²) in [4.78, 5) is 28.5. The van der Waals surface area contributed by atoms with E-state index in [1.165, 1.54) is 21.3 Å². The minimum Gasteiger partial charge on any atom is -0.507 e. The van der Waals surface area contributed by atoms with Crippen LogP contribution in [-0.2, 0) is 0 Å². The van der Waals surface area contributed by atoms with Gasteiger partial charge in [-0.25, -0.2) is 0 Å². The minimum absolute atomic E-state index is 0.00372. The van der Waals surface area contributed by atoms with Crippen molar-refractivity contribution in [1.82, 2.24) is 9.13 Å². The first-order chi connectivity index (χ1) is 19.1. The highest BCUT2D eigenvalue weighted by atomic mass is 79.9. The van der Waals surface area contributed by atoms with Gasteiger partial charge in [-0.1, -0.05) is 61.7 Å². The van der Waals surface area contributed by atoms with Crippen molar-refractivity contribution in [2.24, 2.45) is 0 Å². The summed E-state index contributed by atoms with van der Waals surface area (Å²) in [6.45, 7) is 5.40. The lowest BCUT2D eigenvalue weighted by Gasteiger charge is -2.23. The maximum Gasteiger partial charge on any atom is 0.263 e. The van der Waals surface area contributed by atoms with Gasteiger partial charge in [-0.3, -0.25) is 18.7 Å². The van der Waals surface area contributed by atoms with Gasteiger partial charge in [0.05, 0.1) is 17.0 Å². The summed E-state index contributed by atoms with van der Waals surface area (Å²) in [5.74, 6) is -1.56. The Hall–Kier alpha value is -3.88. The summed E-state index contributed by atoms with van der Waals surface area (Å²) >= 11 is 6.86. The van der Waals surface area contributed by atoms with E-state index in [9.17, 15) is 19.8 Å². The molecule has 2 heterocycles. The number of benzene rings is 3. The Bertz CT molecular complexity index is 1730. The number of nitrogens with zero attached hydrogens (tertiary/aromatic N) is 2. The standard InChI is InChI=1S/C32H26Br2N2O4/c1-18-4-6-21(7-5-18)28(29-26(37)16-19(2)35(31(29)39)24-12-8-22(33)9-13-24)30-27(38)17-20(3)36(32(30)40)25-14-10-23(34)11-15-25/h4-17,28,37-38H,1-3H3. The Morgan fingerprint density at radius 1 is 0.600 bits per heavy atom. The largest absolute Gasteiger partial charge is 0.507 e. The summed E-state index contributed by atoms with van der Waals surface area (Å²) in [6.07, 6.45) is 0. The molecule has 0 amide bonds. The van der Waals surface area contributed by atoms with Crippen LogP contribution in [-0.4, -0.2) is 19.3 Å². The normalized spacial score (nSPS) is 11.2. The zero-order chi connectivity index (χ0) is 28.7. The Morgan fingerprint density at radius 3 is 1.35 bits per heavy atom. The zero-order valence-electron chi connectivity index (χ0n) is 22.0. The fourth-order valence-corrected chi connectivity index (χ4v) is 5.59. The maximum absolute atomic E-state index is 14.2. The highest BCUT2D eigenvalue weighted by molar-refractivity contribution is 9.10. The number of hydrogen-bond donors (Lipinski definition) is 2. The van der Waals surface area contributed by atoms with Crippen molar-refractivity contribution in [3.05, 3.63) is 148 Å². The van der Waals surface area contributed by atoms with Crippen LogP contribution in [0.1, 0.15) is 39.6 Å². The summed E-state index contributed by atoms with van der Waals surface area (Å²) in [5, 5.41) is 22.5. The predicted octanol–water partition coefficient (Wildman–Crippen LogP) is 7.03. The van der Waals surface area contributed by atoms with E-state index < -0.39 is 17.0 Å². The van der Waals surface area contributed by atoms with E-state index in [-0.39, 0.29) is 22.6 Å². The Labute approximate surface area is 248 Å². The van der Waals surface area contributed by atoms with E-state index in [0.29, 0.717) is 28.3 Å². The highest BCUT2D eigenvalue weighted by Crippen LogP contribution is 2.38. The van der Waals surface area contributed by atoms with Crippen molar-refractivity contribution in [2.45, 2.75) is 26.7 Å². The summed E-state index contributed by atoms with van der Waals surface area (Å²) in [6, 6.07) is 24.9. The van der Waals surface area contributed by atoms with Crippen molar-refractivity contribution < 1.29 is 10.2 Å². The highest BCUT2D eigenvalue weighted by Gasteiger charge is 2.31. The van der Waals surface area contributed by atoms with E-state index in [0.717, 1.165) is 14.5 Å². The van der Waals surface area contributed by atoms with Gasteiger partial charge in [0.1, 0.15) is 11.5 Å². The van der Waals surface area contributed by atoms with Crippen LogP contribution in [0.15, 0.2) is 103 Å². The number of pyridine rings is 2. The molecule has 2 N–H and O–H groups in total. The van der Waals surface area contributed by atoms with E-state index >= 15 is 0 Å². The molecule has 202 valence electrons. The minimum atomic E-state index is -1.05. The SMILES string of the molecule is Cc1ccc(C(c2c(O)cc(C)n(-c3ccc(Br)cc3)c2=O)c2c(O)cc(C)n(-c3ccc(Br)cc3)c2=O)cc1. The number of rotatable bonds is 5. The molecule has 0 spiro atoms. The number of aromatic hydroxyl groups is 2. The fourth-order valence-electron chi connectivity index (χ4n) is 5.06. The lowest BCUT2D eigenvalue weighted by molar-refractivity contribution is 0.453. The average Bonchev–Trinajstić information content (AvgIpc) is 2.90. The predicted molar refractivity (Wildman–Crippen MR) is 164 cm³/mol. The quantitative estimate of drug-likeness (QED) is 0.212. The molecule has 0 fully saturated rings. The lowest BCUT2D eigenvalue weighted by Crippen LogP contribution is -2.31. The monoisotopic (exact) mass is 660 g/mol. The molecule has 0 radical (unpaired) electrons. The van der Waals surface area contributed by atoms with Gasteiger partial charge in [0.2, 0.25) is 0 Å².